The maximum Gasteiger partial charge on any atom is 0.326 e. The first-order valence-electron chi connectivity index (χ1n) is 7.92. The molecule has 14 heteroatoms. The molecule has 0 radical (unpaired) electrons. The number of hydrogen-bond donors (Lipinski definition) is 5. The molecule has 1 aromatic rings. The molecule has 0 bridgehead atoms. The smallest absolute Gasteiger partial charge is 0.326 e. The number of methoxy groups -OCH3 is 1. The first-order chi connectivity index (χ1) is 14.0. The van der Waals surface area contributed by atoms with Crippen LogP contribution in [0.1, 0.15) is 27.1 Å². The van der Waals surface area contributed by atoms with Crippen molar-refractivity contribution in [3.63, 3.8) is 0 Å². The number of hydrogen-bond acceptors (Lipinski definition) is 6. The lowest BCUT2D eigenvalue weighted by Gasteiger charge is -2.20. The van der Waals surface area contributed by atoms with Gasteiger partial charge in [-0.05, 0) is 67.8 Å². The van der Waals surface area contributed by atoms with Crippen molar-refractivity contribution in [2.75, 3.05) is 26.1 Å². The molecule has 1 aromatic carbocycles. The molecule has 1 atom stereocenters. The summed E-state index contributed by atoms with van der Waals surface area (Å²) in [4.78, 5) is 59.5. The first-order valence-corrected chi connectivity index (χ1v) is 11.2. The van der Waals surface area contributed by atoms with Crippen LogP contribution in [0.15, 0.2) is 0 Å². The van der Waals surface area contributed by atoms with E-state index in [0.717, 1.165) is 0 Å². The van der Waals surface area contributed by atoms with Crippen LogP contribution in [0, 0.1) is 10.7 Å². The van der Waals surface area contributed by atoms with Crippen molar-refractivity contribution >= 4 is 103 Å². The topological polar surface area (TPSA) is 171 Å². The molecule has 164 valence electrons. The van der Waals surface area contributed by atoms with Crippen LogP contribution in [-0.2, 0) is 19.1 Å². The zero-order valence-corrected chi connectivity index (χ0v) is 21.9. The fourth-order valence-corrected chi connectivity index (χ4v) is 6.62. The molecule has 1 rings (SSSR count). The van der Waals surface area contributed by atoms with E-state index in [2.05, 4.69) is 16.0 Å². The summed E-state index contributed by atoms with van der Waals surface area (Å²) < 4.78 is 5.59. The zero-order chi connectivity index (χ0) is 23.2. The van der Waals surface area contributed by atoms with Crippen LogP contribution in [0.2, 0.25) is 0 Å². The van der Waals surface area contributed by atoms with E-state index in [0.29, 0.717) is 3.57 Å². The largest absolute Gasteiger partial charge is 0.481 e. The van der Waals surface area contributed by atoms with Gasteiger partial charge in [0, 0.05) is 17.7 Å². The minimum absolute atomic E-state index is 0.0698. The second-order valence-electron chi connectivity index (χ2n) is 5.59. The Balaban J connectivity index is 3.60. The quantitative estimate of drug-likeness (QED) is 0.233. The highest BCUT2D eigenvalue weighted by Gasteiger charge is 2.31. The Hall–Kier alpha value is -1.28. The minimum Gasteiger partial charge on any atom is -0.481 e. The summed E-state index contributed by atoms with van der Waals surface area (Å²) in [6.45, 7) is -0.269. The van der Waals surface area contributed by atoms with E-state index < -0.39 is 42.1 Å². The highest BCUT2D eigenvalue weighted by Crippen LogP contribution is 2.35. The van der Waals surface area contributed by atoms with Gasteiger partial charge >= 0.3 is 11.9 Å². The number of halogens is 3. The number of amides is 3. The number of carbonyl (C=O) groups is 5. The zero-order valence-electron chi connectivity index (χ0n) is 15.5. The second-order valence-corrected chi connectivity index (χ2v) is 8.83. The van der Waals surface area contributed by atoms with Gasteiger partial charge in [-0.3, -0.25) is 19.2 Å². The summed E-state index contributed by atoms with van der Waals surface area (Å²) in [5, 5.41) is 25.2. The Kier molecular flexibility index (Phi) is 10.6. The summed E-state index contributed by atoms with van der Waals surface area (Å²) in [7, 11) is 2.72. The molecule has 0 fully saturated rings. The van der Waals surface area contributed by atoms with Gasteiger partial charge in [-0.15, -0.1) is 0 Å². The molecule has 0 aliphatic carbocycles. The molecule has 5 N–H and O–H groups in total. The van der Waals surface area contributed by atoms with Crippen molar-refractivity contribution in [3.8, 4) is 0 Å². The number of carbonyl (C=O) groups excluding carboxylic acids is 3. The third-order valence-corrected chi connectivity index (χ3v) is 6.76. The van der Waals surface area contributed by atoms with Crippen LogP contribution in [0.4, 0.5) is 5.69 Å². The Bertz CT molecular complexity index is 906. The van der Waals surface area contributed by atoms with Crippen molar-refractivity contribution in [1.82, 2.24) is 10.6 Å². The van der Waals surface area contributed by atoms with Crippen LogP contribution in [0.5, 0.6) is 0 Å². The van der Waals surface area contributed by atoms with E-state index in [1.165, 1.54) is 14.2 Å². The van der Waals surface area contributed by atoms with Crippen molar-refractivity contribution < 1.29 is 38.9 Å². The van der Waals surface area contributed by atoms with Gasteiger partial charge in [0.15, 0.2) is 0 Å². The molecule has 0 aliphatic heterocycles. The van der Waals surface area contributed by atoms with Crippen molar-refractivity contribution in [2.24, 2.45) is 0 Å². The number of benzene rings is 1. The van der Waals surface area contributed by atoms with Gasteiger partial charge in [0.05, 0.1) is 30.4 Å². The number of anilines is 1. The van der Waals surface area contributed by atoms with E-state index in [4.69, 9.17) is 9.84 Å². The fourth-order valence-electron chi connectivity index (χ4n) is 2.21. The summed E-state index contributed by atoms with van der Waals surface area (Å²) in [6, 6.07) is -1.68. The Labute approximate surface area is 211 Å². The maximum absolute atomic E-state index is 12.9. The standard InChI is InChI=1S/C16H16I3N3O8/c1-20-14(26)8-10(17)9(15(27)21-5(16(28)29)3-7(24)25)12(19)13(11(8)18)22-6(23)4-30-2/h5H,3-4H2,1-2H3,(H,20,26)(H,21,27)(H,22,23)(H,24,25)(H,28,29)/t5-/m0/s1. The lowest BCUT2D eigenvalue weighted by atomic mass is 10.1. The van der Waals surface area contributed by atoms with Gasteiger partial charge in [-0.1, -0.05) is 0 Å². The summed E-state index contributed by atoms with van der Waals surface area (Å²) in [5.41, 5.74) is 0.203. The molecule has 0 heterocycles. The Morgan fingerprint density at radius 2 is 1.50 bits per heavy atom. The lowest BCUT2D eigenvalue weighted by Crippen LogP contribution is -2.43. The molecule has 0 saturated heterocycles. The van der Waals surface area contributed by atoms with E-state index in [9.17, 15) is 29.1 Å². The molecule has 0 saturated carbocycles. The van der Waals surface area contributed by atoms with E-state index in [1.54, 1.807) is 45.2 Å². The van der Waals surface area contributed by atoms with Gasteiger partial charge in [0.1, 0.15) is 12.6 Å². The number of carboxylic acid groups (broad SMARTS) is 2. The molecule has 11 nitrogen and oxygen atoms in total. The Morgan fingerprint density at radius 1 is 0.967 bits per heavy atom. The predicted octanol–water partition coefficient (Wildman–Crippen LogP) is 1.10. The number of ether oxygens (including phenoxy) is 1. The predicted molar refractivity (Wildman–Crippen MR) is 130 cm³/mol. The van der Waals surface area contributed by atoms with Crippen LogP contribution in [0.25, 0.3) is 0 Å². The van der Waals surface area contributed by atoms with Gasteiger partial charge in [0.2, 0.25) is 5.91 Å². The Morgan fingerprint density at radius 3 is 1.93 bits per heavy atom. The number of carboxylic acids is 2. The van der Waals surface area contributed by atoms with Crippen molar-refractivity contribution in [3.05, 3.63) is 21.8 Å². The summed E-state index contributed by atoms with van der Waals surface area (Å²) in [5.74, 6) is -4.90. The highest BCUT2D eigenvalue weighted by atomic mass is 127. The monoisotopic (exact) mass is 759 g/mol. The number of nitrogens with one attached hydrogen (secondary N) is 3. The molecule has 30 heavy (non-hydrogen) atoms. The van der Waals surface area contributed by atoms with Crippen LogP contribution in [-0.4, -0.2) is 66.7 Å². The molecule has 0 aliphatic rings. The maximum atomic E-state index is 12.9. The van der Waals surface area contributed by atoms with Crippen molar-refractivity contribution in [2.45, 2.75) is 12.5 Å². The molecule has 3 amide bonds. The SMILES string of the molecule is CNC(=O)c1c(I)c(NC(=O)COC)c(I)c(C(=O)N[C@@H](CC(=O)O)C(=O)O)c1I. The second kappa shape index (κ2) is 11.9. The van der Waals surface area contributed by atoms with E-state index >= 15 is 0 Å². The molecule has 0 aromatic heterocycles. The van der Waals surface area contributed by atoms with E-state index in [-0.39, 0.29) is 30.6 Å². The van der Waals surface area contributed by atoms with Gasteiger partial charge < -0.3 is 30.9 Å². The normalized spacial score (nSPS) is 11.4. The van der Waals surface area contributed by atoms with Gasteiger partial charge in [0.25, 0.3) is 11.8 Å². The average molecular weight is 759 g/mol. The van der Waals surface area contributed by atoms with Crippen LogP contribution >= 0.6 is 67.8 Å². The molecular formula is C16H16I3N3O8. The highest BCUT2D eigenvalue weighted by molar-refractivity contribution is 14.1. The summed E-state index contributed by atoms with van der Waals surface area (Å²) in [6.07, 6.45) is -0.835. The minimum atomic E-state index is -1.68. The van der Waals surface area contributed by atoms with Gasteiger partial charge in [-0.2, -0.15) is 0 Å². The first kappa shape index (κ1) is 26.8. The van der Waals surface area contributed by atoms with E-state index in [1.807, 2.05) is 22.6 Å². The van der Waals surface area contributed by atoms with Crippen molar-refractivity contribution in [1.29, 1.82) is 0 Å². The third-order valence-electron chi connectivity index (χ3n) is 3.52. The van der Waals surface area contributed by atoms with Gasteiger partial charge in [-0.25, -0.2) is 4.79 Å². The number of aliphatic carboxylic acids is 2. The summed E-state index contributed by atoms with van der Waals surface area (Å²) >= 11 is 5.41. The van der Waals surface area contributed by atoms with Crippen LogP contribution in [0.3, 0.4) is 0 Å². The lowest BCUT2D eigenvalue weighted by molar-refractivity contribution is -0.145. The number of rotatable bonds is 9. The third kappa shape index (κ3) is 6.61. The molecule has 0 unspecified atom stereocenters. The van der Waals surface area contributed by atoms with Crippen LogP contribution < -0.4 is 16.0 Å². The fraction of sp³-hybridized carbons (Fsp3) is 0.312. The molecule has 0 spiro atoms. The molecular weight excluding hydrogens is 743 g/mol. The average Bonchev–Trinajstić information content (AvgIpc) is 2.64.